The van der Waals surface area contributed by atoms with Crippen LogP contribution in [-0.2, 0) is 27.6 Å². The number of aromatic nitrogens is 7. The van der Waals surface area contributed by atoms with Crippen LogP contribution in [0.15, 0.2) is 216 Å². The van der Waals surface area contributed by atoms with E-state index >= 15 is 0 Å². The largest absolute Gasteiger partial charge is 0.497 e. The van der Waals surface area contributed by atoms with E-state index in [1.807, 2.05) is 188 Å². The first-order valence-electron chi connectivity index (χ1n) is 33.2. The monoisotopic (exact) mass is 1450 g/mol. The van der Waals surface area contributed by atoms with Crippen LogP contribution in [-0.4, -0.2) is 117 Å². The van der Waals surface area contributed by atoms with Crippen LogP contribution < -0.4 is 29.2 Å². The zero-order valence-electron chi connectivity index (χ0n) is 58.3. The maximum Gasteiger partial charge on any atom is 0.238 e. The van der Waals surface area contributed by atoms with Crippen molar-refractivity contribution in [2.45, 2.75) is 65.8 Å². The van der Waals surface area contributed by atoms with Crippen LogP contribution in [0, 0.1) is 34.6 Å². The van der Waals surface area contributed by atoms with Gasteiger partial charge in [-0.1, -0.05) is 89.2 Å². The van der Waals surface area contributed by atoms with Gasteiger partial charge < -0.3 is 65.5 Å². The summed E-state index contributed by atoms with van der Waals surface area (Å²) in [6.07, 6.45) is 7.32. The first-order chi connectivity index (χ1) is 50.3. The maximum atomic E-state index is 6.40. The molecule has 25 heteroatoms. The zero-order chi connectivity index (χ0) is 71.3. The standard InChI is InChI=1S/C30H29N5O4.C26H24BrN3O4.C22H21N5O3/c1-19-15-34(18-31-19)25-14-13-24(32-30(25)37-4)29-33-38-17-26(28-20(2)23-7-5-6-8-27(23)39-28)35(29)16-21-9-11-22(36-3)12-10-21;1-16-19-6-4-5-7-23(19)34-24(16)22-15-33-29-25(21-13-12-20(27)26(28-21)32-3)30(22)14-17-8-10-18(31-2)11-9-17;1-13-10-27(12-23-13)18-9-8-16(25-22(18)28-3)21-24-17(11-29-26-21)20-14(2)15-6-4-5-7-19(15)30-20/h5-15,18,26H,16-17H2,1-4H3;4-13,22H,14-15H2,1-3H3;4-10,12,17H,11H2,1-3H3,(H,24,26). The van der Waals surface area contributed by atoms with E-state index in [1.165, 1.54) is 0 Å². The van der Waals surface area contributed by atoms with Gasteiger partial charge in [-0.2, -0.15) is 0 Å². The molecule has 0 spiro atoms. The van der Waals surface area contributed by atoms with Gasteiger partial charge in [0.15, 0.2) is 17.5 Å². The Kier molecular flexibility index (Phi) is 19.9. The molecule has 11 heterocycles. The third kappa shape index (κ3) is 14.2. The second kappa shape index (κ2) is 30.1. The summed E-state index contributed by atoms with van der Waals surface area (Å²) in [5.74, 6) is 7.24. The van der Waals surface area contributed by atoms with Gasteiger partial charge in [0, 0.05) is 58.3 Å². The van der Waals surface area contributed by atoms with E-state index in [-0.39, 0.29) is 18.1 Å². The van der Waals surface area contributed by atoms with Crippen molar-refractivity contribution in [1.29, 1.82) is 0 Å². The molecule has 3 unspecified atom stereocenters. The third-order valence-corrected chi connectivity index (χ3v) is 18.7. The van der Waals surface area contributed by atoms with Crippen LogP contribution in [0.2, 0.25) is 0 Å². The molecule has 0 bridgehead atoms. The fraction of sp³-hybridized carbons (Fsp3) is 0.231. The highest BCUT2D eigenvalue weighted by atomic mass is 79.9. The van der Waals surface area contributed by atoms with Crippen molar-refractivity contribution in [3.8, 4) is 40.5 Å². The topological polar surface area (TPSA) is 243 Å². The van der Waals surface area contributed by atoms with Crippen molar-refractivity contribution in [2.24, 2.45) is 15.3 Å². The Morgan fingerprint density at radius 1 is 0.456 bits per heavy atom. The quantitative estimate of drug-likeness (QED) is 0.0890. The van der Waals surface area contributed by atoms with E-state index < -0.39 is 0 Å². The van der Waals surface area contributed by atoms with Crippen molar-refractivity contribution in [2.75, 3.05) is 55.4 Å². The summed E-state index contributed by atoms with van der Waals surface area (Å²) < 4.78 is 50.6. The van der Waals surface area contributed by atoms with E-state index in [2.05, 4.69) is 87.4 Å². The molecule has 3 atom stereocenters. The number of nitrogens with one attached hydrogen (secondary N) is 1. The number of halogens is 1. The number of furan rings is 3. The van der Waals surface area contributed by atoms with Gasteiger partial charge in [0.1, 0.15) is 112 Å². The Morgan fingerprint density at radius 3 is 1.31 bits per heavy atom. The fourth-order valence-electron chi connectivity index (χ4n) is 12.8. The Labute approximate surface area is 601 Å². The van der Waals surface area contributed by atoms with E-state index in [9.17, 15) is 0 Å². The Bertz CT molecular complexity index is 5290. The van der Waals surface area contributed by atoms with Crippen LogP contribution >= 0.6 is 15.9 Å². The van der Waals surface area contributed by atoms with Gasteiger partial charge in [-0.05, 0) is 141 Å². The minimum absolute atomic E-state index is 0.196. The summed E-state index contributed by atoms with van der Waals surface area (Å²) in [7, 11) is 8.11. The number of imidazole rings is 2. The van der Waals surface area contributed by atoms with Crippen molar-refractivity contribution < 1.29 is 51.4 Å². The van der Waals surface area contributed by atoms with Gasteiger partial charge in [-0.3, -0.25) is 9.83 Å². The molecule has 0 fully saturated rings. The third-order valence-electron chi connectivity index (χ3n) is 18.1. The first kappa shape index (κ1) is 68.2. The lowest BCUT2D eigenvalue weighted by atomic mass is 10.0. The van der Waals surface area contributed by atoms with Gasteiger partial charge in [0.2, 0.25) is 17.6 Å². The second-order valence-electron chi connectivity index (χ2n) is 24.6. The minimum Gasteiger partial charge on any atom is -0.497 e. The lowest BCUT2D eigenvalue weighted by molar-refractivity contribution is 0.0496. The predicted molar refractivity (Wildman–Crippen MR) is 393 cm³/mol. The molecule has 3 aliphatic rings. The highest BCUT2D eigenvalue weighted by Crippen LogP contribution is 2.40. The van der Waals surface area contributed by atoms with Crippen molar-refractivity contribution in [3.05, 3.63) is 261 Å². The number of rotatable bonds is 17. The number of hydroxylamine groups is 1. The van der Waals surface area contributed by atoms with Crippen molar-refractivity contribution >= 4 is 66.3 Å². The summed E-state index contributed by atoms with van der Waals surface area (Å²) >= 11 is 3.48. The number of amidine groups is 3. The molecule has 16 rings (SSSR count). The average molecular weight is 1450 g/mol. The summed E-state index contributed by atoms with van der Waals surface area (Å²) in [5.41, 5.74) is 16.1. The Hall–Kier alpha value is -12.0. The molecule has 5 aromatic carbocycles. The van der Waals surface area contributed by atoms with Gasteiger partial charge in [-0.15, -0.1) is 0 Å². The van der Waals surface area contributed by atoms with Crippen molar-refractivity contribution in [3.63, 3.8) is 0 Å². The van der Waals surface area contributed by atoms with Gasteiger partial charge >= 0.3 is 0 Å². The second-order valence-corrected chi connectivity index (χ2v) is 25.4. The van der Waals surface area contributed by atoms with E-state index in [4.69, 9.17) is 61.4 Å². The van der Waals surface area contributed by atoms with Crippen LogP contribution in [0.25, 0.3) is 44.3 Å². The highest BCUT2D eigenvalue weighted by molar-refractivity contribution is 9.10. The number of fused-ring (bicyclic) bond motifs is 3. The predicted octanol–water partition coefficient (Wildman–Crippen LogP) is 15.1. The zero-order valence-corrected chi connectivity index (χ0v) is 59.9. The van der Waals surface area contributed by atoms with Crippen LogP contribution in [0.1, 0.15) is 91.7 Å². The number of oxime groups is 2. The molecule has 0 saturated carbocycles. The van der Waals surface area contributed by atoms with E-state index in [0.29, 0.717) is 85.1 Å². The molecule has 3 aliphatic heterocycles. The molecule has 524 valence electrons. The summed E-state index contributed by atoms with van der Waals surface area (Å²) in [6, 6.07) is 50.9. The molecule has 13 aromatic rings. The number of aryl methyl sites for hydroxylation is 5. The normalized spacial score (nSPS) is 15.7. The number of ether oxygens (including phenoxy) is 5. The SMILES string of the molecule is COc1ccc(CN2C(c3ccc(-n4cnc(C)c4)c(OC)n3)=NOCC2c2oc3ccccc3c2C)cc1.COc1ccc(CN2C(c3ccc(Br)c(OC)n3)=NOCC2c2oc3ccccc3c2C)cc1.COc1nc(C2=NC(c3oc4ccccc4c3C)CON2)ccc1-n1cnc(C)c1. The number of aliphatic imine (C=N–C) groups is 1. The Morgan fingerprint density at radius 2 is 0.874 bits per heavy atom. The summed E-state index contributed by atoms with van der Waals surface area (Å²) in [4.78, 5) is 49.0. The maximum absolute atomic E-state index is 6.40. The number of methoxy groups -OCH3 is 5. The molecule has 0 aliphatic carbocycles. The molecule has 0 radical (unpaired) electrons. The molecular weight excluding hydrogens is 1370 g/mol. The average Bonchev–Trinajstić information content (AvgIpc) is 1.69. The summed E-state index contributed by atoms with van der Waals surface area (Å²) in [5, 5.41) is 12.2. The van der Waals surface area contributed by atoms with Gasteiger partial charge in [0.25, 0.3) is 0 Å². The Balaban J connectivity index is 0.000000132. The summed E-state index contributed by atoms with van der Waals surface area (Å²) in [6.45, 7) is 12.3. The number of para-hydroxylation sites is 3. The highest BCUT2D eigenvalue weighted by Gasteiger charge is 2.37. The first-order valence-corrected chi connectivity index (χ1v) is 34.0. The number of benzene rings is 5. The number of nitrogens with zero attached hydrogens (tertiary/aromatic N) is 12. The molecule has 24 nitrogen and oxygen atoms in total. The van der Waals surface area contributed by atoms with Crippen LogP contribution in [0.3, 0.4) is 0 Å². The van der Waals surface area contributed by atoms with Crippen LogP contribution in [0.5, 0.6) is 29.1 Å². The smallest absolute Gasteiger partial charge is 0.238 e. The molecule has 0 saturated heterocycles. The lowest BCUT2D eigenvalue weighted by Crippen LogP contribution is -2.41. The molecular formula is C78H74BrN13O11. The van der Waals surface area contributed by atoms with Crippen LogP contribution in [0.4, 0.5) is 0 Å². The lowest BCUT2D eigenvalue weighted by Gasteiger charge is -2.35. The molecule has 8 aromatic heterocycles. The fourth-order valence-corrected chi connectivity index (χ4v) is 13.2. The number of hydrogen-bond acceptors (Lipinski definition) is 22. The van der Waals surface area contributed by atoms with Gasteiger partial charge in [-0.25, -0.2) is 30.4 Å². The number of pyridine rings is 3. The van der Waals surface area contributed by atoms with Crippen molar-refractivity contribution in [1.82, 2.24) is 49.3 Å². The minimum atomic E-state index is -0.266. The molecule has 103 heavy (non-hydrogen) atoms. The van der Waals surface area contributed by atoms with E-state index in [1.54, 1.807) is 48.2 Å². The van der Waals surface area contributed by atoms with Gasteiger partial charge in [0.05, 0.1) is 64.1 Å². The van der Waals surface area contributed by atoms with E-state index in [0.717, 1.165) is 117 Å². The molecule has 0 amide bonds. The molecule has 1 N–H and O–H groups in total. The number of hydrogen-bond donors (Lipinski definition) is 1.